The Balaban J connectivity index is 1.59. The topological polar surface area (TPSA) is 153 Å². The number of anilines is 1. The zero-order valence-corrected chi connectivity index (χ0v) is 21.3. The van der Waals surface area contributed by atoms with E-state index in [0.29, 0.717) is 28.4 Å². The summed E-state index contributed by atoms with van der Waals surface area (Å²) >= 11 is 0. The first kappa shape index (κ1) is 26.1. The molecule has 0 saturated heterocycles. The molecule has 0 atom stereocenters. The summed E-state index contributed by atoms with van der Waals surface area (Å²) in [6, 6.07) is 18.3. The van der Waals surface area contributed by atoms with Crippen LogP contribution in [-0.2, 0) is 11.3 Å². The SMILES string of the molecule is CNC(C)(C)C=C(C#N)C(=O)NCCn1c(=O)n(-c2ccc(Oc3ccccc3)cc2)c2c(N)ncnc21. The third kappa shape index (κ3) is 5.55. The van der Waals surface area contributed by atoms with E-state index in [1.807, 2.05) is 50.2 Å². The van der Waals surface area contributed by atoms with Gasteiger partial charge in [0.2, 0.25) is 0 Å². The molecule has 0 spiro atoms. The van der Waals surface area contributed by atoms with Crippen LogP contribution < -0.4 is 26.8 Å². The number of carbonyl (C=O) groups is 1. The predicted octanol–water partition coefficient (Wildman–Crippen LogP) is 2.52. The van der Waals surface area contributed by atoms with Gasteiger partial charge in [0.05, 0.1) is 5.69 Å². The van der Waals surface area contributed by atoms with E-state index in [4.69, 9.17) is 10.5 Å². The Morgan fingerprint density at radius 1 is 1.13 bits per heavy atom. The molecule has 0 fully saturated rings. The molecule has 4 N–H and O–H groups in total. The Morgan fingerprint density at radius 3 is 2.47 bits per heavy atom. The van der Waals surface area contributed by atoms with Crippen LogP contribution in [0.4, 0.5) is 5.82 Å². The van der Waals surface area contributed by atoms with Crippen molar-refractivity contribution in [3.05, 3.63) is 83.1 Å². The van der Waals surface area contributed by atoms with Gasteiger partial charge in [0.1, 0.15) is 35.0 Å². The lowest BCUT2D eigenvalue weighted by molar-refractivity contribution is -0.117. The summed E-state index contributed by atoms with van der Waals surface area (Å²) in [4.78, 5) is 34.4. The van der Waals surface area contributed by atoms with Gasteiger partial charge in [0.15, 0.2) is 11.5 Å². The van der Waals surface area contributed by atoms with Gasteiger partial charge in [-0.25, -0.2) is 14.8 Å². The minimum Gasteiger partial charge on any atom is -0.457 e. The van der Waals surface area contributed by atoms with Crippen LogP contribution in [0.15, 0.2) is 77.4 Å². The summed E-state index contributed by atoms with van der Waals surface area (Å²) in [5, 5.41) is 15.1. The van der Waals surface area contributed by atoms with Crippen LogP contribution in [-0.4, -0.2) is 44.1 Å². The summed E-state index contributed by atoms with van der Waals surface area (Å²) in [6.45, 7) is 3.88. The molecular weight excluding hydrogens is 484 g/mol. The lowest BCUT2D eigenvalue weighted by Crippen LogP contribution is -2.36. The monoisotopic (exact) mass is 512 g/mol. The normalized spacial score (nSPS) is 11.8. The summed E-state index contributed by atoms with van der Waals surface area (Å²) in [5.74, 6) is 0.906. The predicted molar refractivity (Wildman–Crippen MR) is 144 cm³/mol. The van der Waals surface area contributed by atoms with E-state index in [2.05, 4.69) is 20.6 Å². The lowest BCUT2D eigenvalue weighted by Gasteiger charge is -2.19. The van der Waals surface area contributed by atoms with Gasteiger partial charge in [-0.3, -0.25) is 13.9 Å². The molecule has 4 rings (SSSR count). The minimum absolute atomic E-state index is 0.0245. The number of rotatable bonds is 9. The van der Waals surface area contributed by atoms with Crippen molar-refractivity contribution in [1.82, 2.24) is 29.7 Å². The highest BCUT2D eigenvalue weighted by molar-refractivity contribution is 5.97. The van der Waals surface area contributed by atoms with Crippen molar-refractivity contribution in [3.63, 3.8) is 0 Å². The van der Waals surface area contributed by atoms with E-state index in [0.717, 1.165) is 0 Å². The molecule has 2 aromatic carbocycles. The number of nitriles is 1. The third-order valence-electron chi connectivity index (χ3n) is 5.94. The van der Waals surface area contributed by atoms with E-state index in [1.54, 1.807) is 37.4 Å². The number of carbonyl (C=O) groups excluding carboxylic acids is 1. The lowest BCUT2D eigenvalue weighted by atomic mass is 10.0. The molecule has 2 heterocycles. The maximum atomic E-state index is 13.5. The molecule has 0 bridgehead atoms. The van der Waals surface area contributed by atoms with Crippen molar-refractivity contribution in [1.29, 1.82) is 5.26 Å². The average Bonchev–Trinajstić information content (AvgIpc) is 3.20. The second-order valence-electron chi connectivity index (χ2n) is 9.01. The Morgan fingerprint density at radius 2 is 1.82 bits per heavy atom. The van der Waals surface area contributed by atoms with Gasteiger partial charge in [-0.05, 0) is 63.4 Å². The zero-order chi connectivity index (χ0) is 27.3. The molecule has 0 aliphatic rings. The number of benzene rings is 2. The molecular formula is C27H28N8O3. The molecule has 194 valence electrons. The first-order valence-electron chi connectivity index (χ1n) is 11.9. The first-order chi connectivity index (χ1) is 18.2. The highest BCUT2D eigenvalue weighted by Gasteiger charge is 2.20. The number of ether oxygens (including phenoxy) is 1. The van der Waals surface area contributed by atoms with Gasteiger partial charge in [-0.15, -0.1) is 0 Å². The summed E-state index contributed by atoms with van der Waals surface area (Å²) in [6.07, 6.45) is 2.84. The van der Waals surface area contributed by atoms with Crippen molar-refractivity contribution in [2.45, 2.75) is 25.9 Å². The number of aromatic nitrogens is 4. The molecule has 1 amide bonds. The number of nitrogens with zero attached hydrogens (tertiary/aromatic N) is 5. The molecule has 38 heavy (non-hydrogen) atoms. The number of likely N-dealkylation sites (N-methyl/N-ethyl adjacent to an activating group) is 1. The number of imidazole rings is 1. The average molecular weight is 513 g/mol. The van der Waals surface area contributed by atoms with Crippen LogP contribution in [0.3, 0.4) is 0 Å². The molecule has 0 radical (unpaired) electrons. The molecule has 2 aromatic heterocycles. The number of hydrogen-bond donors (Lipinski definition) is 3. The second-order valence-corrected chi connectivity index (χ2v) is 9.01. The molecule has 4 aromatic rings. The fourth-order valence-electron chi connectivity index (χ4n) is 3.79. The van der Waals surface area contributed by atoms with Gasteiger partial charge in [-0.1, -0.05) is 18.2 Å². The van der Waals surface area contributed by atoms with Gasteiger partial charge < -0.3 is 21.1 Å². The summed E-state index contributed by atoms with van der Waals surface area (Å²) < 4.78 is 8.68. The van der Waals surface area contributed by atoms with Gasteiger partial charge >= 0.3 is 5.69 Å². The molecule has 11 heteroatoms. The van der Waals surface area contributed by atoms with E-state index in [-0.39, 0.29) is 24.5 Å². The second kappa shape index (κ2) is 11.0. The molecule has 0 aliphatic heterocycles. The van der Waals surface area contributed by atoms with Gasteiger partial charge in [0.25, 0.3) is 5.91 Å². The number of nitrogens with one attached hydrogen (secondary N) is 2. The highest BCUT2D eigenvalue weighted by Crippen LogP contribution is 2.24. The Hall–Kier alpha value is -4.95. The minimum atomic E-state index is -0.539. The number of nitrogens with two attached hydrogens (primary N) is 1. The summed E-state index contributed by atoms with van der Waals surface area (Å²) in [5.41, 5.74) is 6.42. The van der Waals surface area contributed by atoms with Crippen molar-refractivity contribution in [2.75, 3.05) is 19.3 Å². The van der Waals surface area contributed by atoms with Crippen molar-refractivity contribution in [3.8, 4) is 23.3 Å². The van der Waals surface area contributed by atoms with Crippen LogP contribution in [0.5, 0.6) is 11.5 Å². The van der Waals surface area contributed by atoms with E-state index in [1.165, 1.54) is 15.5 Å². The van der Waals surface area contributed by atoms with E-state index >= 15 is 0 Å². The maximum absolute atomic E-state index is 13.5. The molecule has 0 aliphatic carbocycles. The smallest absolute Gasteiger partial charge is 0.335 e. The Bertz CT molecular complexity index is 1580. The van der Waals surface area contributed by atoms with Gasteiger partial charge in [-0.2, -0.15) is 5.26 Å². The molecule has 11 nitrogen and oxygen atoms in total. The number of fused-ring (bicyclic) bond motifs is 1. The van der Waals surface area contributed by atoms with Crippen molar-refractivity contribution < 1.29 is 9.53 Å². The standard InChI is InChI=1S/C27H28N8O3/c1-27(2,30-3)15-18(16-28)25(36)31-13-14-34-24-22(23(29)32-17-33-24)35(26(34)37)19-9-11-21(12-10-19)38-20-7-5-4-6-8-20/h4-12,15,17,30H,13-14H2,1-3H3,(H,31,36)(H2,29,32,33). The van der Waals surface area contributed by atoms with Gasteiger partial charge in [0, 0.05) is 18.6 Å². The quantitative estimate of drug-likeness (QED) is 0.228. The van der Waals surface area contributed by atoms with Crippen molar-refractivity contribution in [2.24, 2.45) is 0 Å². The van der Waals surface area contributed by atoms with Crippen LogP contribution in [0.25, 0.3) is 16.9 Å². The first-order valence-corrected chi connectivity index (χ1v) is 11.9. The fourth-order valence-corrected chi connectivity index (χ4v) is 3.79. The summed E-state index contributed by atoms with van der Waals surface area (Å²) in [7, 11) is 1.74. The van der Waals surface area contributed by atoms with Crippen LogP contribution in [0.2, 0.25) is 0 Å². The molecule has 0 saturated carbocycles. The number of nitrogen functional groups attached to an aromatic ring is 1. The zero-order valence-electron chi connectivity index (χ0n) is 21.3. The Kier molecular flexibility index (Phi) is 7.55. The largest absolute Gasteiger partial charge is 0.457 e. The highest BCUT2D eigenvalue weighted by atomic mass is 16.5. The van der Waals surface area contributed by atoms with E-state index in [9.17, 15) is 14.9 Å². The third-order valence-corrected chi connectivity index (χ3v) is 5.94. The maximum Gasteiger partial charge on any atom is 0.335 e. The fraction of sp³-hybridized carbons (Fsp3) is 0.222. The number of hydrogen-bond acceptors (Lipinski definition) is 8. The number of para-hydroxylation sites is 1. The molecule has 0 unspecified atom stereocenters. The van der Waals surface area contributed by atoms with Crippen LogP contribution in [0, 0.1) is 11.3 Å². The number of amides is 1. The van der Waals surface area contributed by atoms with Crippen LogP contribution in [0.1, 0.15) is 13.8 Å². The van der Waals surface area contributed by atoms with E-state index < -0.39 is 17.1 Å². The Labute approximate surface area is 219 Å². The van der Waals surface area contributed by atoms with Crippen molar-refractivity contribution >= 4 is 22.9 Å². The van der Waals surface area contributed by atoms with Crippen LogP contribution >= 0.6 is 0 Å².